The molecule has 22 heavy (non-hydrogen) atoms. The highest BCUT2D eigenvalue weighted by Gasteiger charge is 2.51. The fourth-order valence-corrected chi connectivity index (χ4v) is 3.49. The van der Waals surface area contributed by atoms with Crippen LogP contribution in [0, 0.1) is 11.8 Å². The first-order chi connectivity index (χ1) is 10.5. The van der Waals surface area contributed by atoms with E-state index in [0.717, 1.165) is 0 Å². The van der Waals surface area contributed by atoms with Gasteiger partial charge in [0.05, 0.1) is 38.4 Å². The van der Waals surface area contributed by atoms with E-state index in [1.807, 2.05) is 0 Å². The number of benzene rings is 1. The predicted molar refractivity (Wildman–Crippen MR) is 76.5 cm³/mol. The van der Waals surface area contributed by atoms with E-state index < -0.39 is 6.10 Å². The number of phenolic OH excluding ortho intramolecular Hbond substituents is 1. The predicted octanol–water partition coefficient (Wildman–Crippen LogP) is 1.89. The topological polar surface area (TPSA) is 82.1 Å². The van der Waals surface area contributed by atoms with Crippen LogP contribution in [0.2, 0.25) is 0 Å². The first-order valence-corrected chi connectivity index (χ1v) is 7.12. The smallest absolute Gasteiger partial charge is 0.172 e. The van der Waals surface area contributed by atoms with Crippen molar-refractivity contribution in [1.82, 2.24) is 0 Å². The van der Waals surface area contributed by atoms with Gasteiger partial charge in [0.15, 0.2) is 17.3 Å². The Hall–Kier alpha value is -2.08. The monoisotopic (exact) mass is 306 g/mol. The summed E-state index contributed by atoms with van der Waals surface area (Å²) in [4.78, 5) is 24.3. The third-order valence-corrected chi connectivity index (χ3v) is 4.46. The summed E-state index contributed by atoms with van der Waals surface area (Å²) in [6.45, 7) is 1.74. The second-order valence-corrected chi connectivity index (χ2v) is 5.71. The van der Waals surface area contributed by atoms with Crippen molar-refractivity contribution in [3.63, 3.8) is 0 Å². The summed E-state index contributed by atoms with van der Waals surface area (Å²) in [7, 11) is 2.89. The average molecular weight is 306 g/mol. The van der Waals surface area contributed by atoms with Gasteiger partial charge in [0.2, 0.25) is 0 Å². The molecule has 1 heterocycles. The van der Waals surface area contributed by atoms with Crippen molar-refractivity contribution in [2.24, 2.45) is 11.8 Å². The molecule has 0 radical (unpaired) electrons. The number of phenols is 1. The molecule has 2 bridgehead atoms. The minimum atomic E-state index is -0.495. The van der Waals surface area contributed by atoms with Crippen molar-refractivity contribution in [2.45, 2.75) is 19.4 Å². The zero-order valence-electron chi connectivity index (χ0n) is 12.7. The van der Waals surface area contributed by atoms with Gasteiger partial charge in [-0.2, -0.15) is 0 Å². The third-order valence-electron chi connectivity index (χ3n) is 4.46. The number of aromatic hydroxyl groups is 1. The second-order valence-electron chi connectivity index (χ2n) is 5.71. The van der Waals surface area contributed by atoms with E-state index >= 15 is 0 Å². The number of methoxy groups -OCH3 is 2. The van der Waals surface area contributed by atoms with Gasteiger partial charge in [-0.05, 0) is 6.92 Å². The standard InChI is InChI=1S/C16H18O6/c1-7(17)4-8-9-6-22-16(8)13-12(14(9)18)10(20-2)5-11(21-3)15(13)19/h5,8-9,16,19H,4,6H2,1-3H3/t8-,9+,16-/m0/s1. The molecule has 6 nitrogen and oxygen atoms in total. The van der Waals surface area contributed by atoms with E-state index in [1.54, 1.807) is 0 Å². The molecule has 2 aliphatic rings. The number of hydrogen-bond acceptors (Lipinski definition) is 6. The van der Waals surface area contributed by atoms with Gasteiger partial charge in [0, 0.05) is 24.0 Å². The minimum Gasteiger partial charge on any atom is -0.504 e. The molecule has 1 fully saturated rings. The summed E-state index contributed by atoms with van der Waals surface area (Å²) < 4.78 is 16.2. The SMILES string of the molecule is COc1cc(OC)c2c(c1O)[C@H]1OC[C@@H](C2=O)[C@@H]1CC(C)=O. The maximum Gasteiger partial charge on any atom is 0.172 e. The van der Waals surface area contributed by atoms with Gasteiger partial charge in [0.1, 0.15) is 11.5 Å². The van der Waals surface area contributed by atoms with Crippen LogP contribution in [0.4, 0.5) is 0 Å². The Morgan fingerprint density at radius 2 is 2.05 bits per heavy atom. The van der Waals surface area contributed by atoms with E-state index in [9.17, 15) is 14.7 Å². The van der Waals surface area contributed by atoms with E-state index in [4.69, 9.17) is 14.2 Å². The van der Waals surface area contributed by atoms with Crippen LogP contribution < -0.4 is 9.47 Å². The van der Waals surface area contributed by atoms with E-state index in [1.165, 1.54) is 27.2 Å². The highest BCUT2D eigenvalue weighted by Crippen LogP contribution is 2.54. The summed E-state index contributed by atoms with van der Waals surface area (Å²) in [5, 5.41) is 10.4. The quantitative estimate of drug-likeness (QED) is 0.914. The Morgan fingerprint density at radius 3 is 2.64 bits per heavy atom. The number of rotatable bonds is 4. The van der Waals surface area contributed by atoms with Crippen LogP contribution >= 0.6 is 0 Å². The van der Waals surface area contributed by atoms with Gasteiger partial charge in [-0.3, -0.25) is 4.79 Å². The molecule has 0 unspecified atom stereocenters. The molecule has 0 saturated carbocycles. The summed E-state index contributed by atoms with van der Waals surface area (Å²) in [5.41, 5.74) is 0.717. The van der Waals surface area contributed by atoms with Gasteiger partial charge in [-0.25, -0.2) is 0 Å². The largest absolute Gasteiger partial charge is 0.504 e. The molecule has 0 aromatic heterocycles. The lowest BCUT2D eigenvalue weighted by Crippen LogP contribution is -2.31. The first-order valence-electron chi connectivity index (χ1n) is 7.12. The lowest BCUT2D eigenvalue weighted by atomic mass is 9.73. The summed E-state index contributed by atoms with van der Waals surface area (Å²) >= 11 is 0. The Balaban J connectivity index is 2.20. The Kier molecular flexibility index (Phi) is 3.56. The van der Waals surface area contributed by atoms with Gasteiger partial charge in [0.25, 0.3) is 0 Å². The van der Waals surface area contributed by atoms with Crippen LogP contribution in [0.1, 0.15) is 35.4 Å². The molecule has 118 valence electrons. The Bertz CT molecular complexity index is 651. The van der Waals surface area contributed by atoms with Crippen LogP contribution in [-0.2, 0) is 9.53 Å². The molecule has 1 aliphatic carbocycles. The van der Waals surface area contributed by atoms with Crippen molar-refractivity contribution >= 4 is 11.6 Å². The van der Waals surface area contributed by atoms with E-state index in [0.29, 0.717) is 16.9 Å². The van der Waals surface area contributed by atoms with Gasteiger partial charge >= 0.3 is 0 Å². The van der Waals surface area contributed by atoms with Crippen LogP contribution in [0.25, 0.3) is 0 Å². The fourth-order valence-electron chi connectivity index (χ4n) is 3.49. The van der Waals surface area contributed by atoms with E-state index in [-0.39, 0.29) is 47.9 Å². The summed E-state index contributed by atoms with van der Waals surface area (Å²) in [6, 6.07) is 1.50. The van der Waals surface area contributed by atoms with E-state index in [2.05, 4.69) is 0 Å². The first kappa shape index (κ1) is 14.8. The molecule has 3 atom stereocenters. The average Bonchev–Trinajstić information content (AvgIpc) is 2.80. The second kappa shape index (κ2) is 5.28. The van der Waals surface area contributed by atoms with Crippen molar-refractivity contribution < 1.29 is 28.9 Å². The van der Waals surface area contributed by atoms with Crippen LogP contribution in [0.15, 0.2) is 6.07 Å². The highest BCUT2D eigenvalue weighted by molar-refractivity contribution is 6.05. The van der Waals surface area contributed by atoms with Gasteiger partial charge < -0.3 is 24.1 Å². The maximum atomic E-state index is 12.8. The van der Waals surface area contributed by atoms with Crippen molar-refractivity contribution in [2.75, 3.05) is 20.8 Å². The van der Waals surface area contributed by atoms with Crippen LogP contribution in [0.3, 0.4) is 0 Å². The third kappa shape index (κ3) is 1.98. The molecular weight excluding hydrogens is 288 g/mol. The zero-order chi connectivity index (χ0) is 16.0. The molecule has 1 N–H and O–H groups in total. The molecule has 1 saturated heterocycles. The van der Waals surface area contributed by atoms with Gasteiger partial charge in [-0.1, -0.05) is 0 Å². The maximum absolute atomic E-state index is 12.8. The Labute approximate surface area is 128 Å². The Morgan fingerprint density at radius 1 is 1.36 bits per heavy atom. The van der Waals surface area contributed by atoms with Crippen molar-refractivity contribution in [1.29, 1.82) is 0 Å². The molecular formula is C16H18O6. The molecule has 0 spiro atoms. The fraction of sp³-hybridized carbons (Fsp3) is 0.500. The highest BCUT2D eigenvalue weighted by atomic mass is 16.5. The molecule has 1 aliphatic heterocycles. The molecule has 6 heteroatoms. The number of ketones is 2. The van der Waals surface area contributed by atoms with Crippen molar-refractivity contribution in [3.05, 3.63) is 17.2 Å². The number of hydrogen-bond donors (Lipinski definition) is 1. The molecule has 3 rings (SSSR count). The van der Waals surface area contributed by atoms with Gasteiger partial charge in [-0.15, -0.1) is 0 Å². The van der Waals surface area contributed by atoms with Crippen LogP contribution in [0.5, 0.6) is 17.2 Å². The minimum absolute atomic E-state index is 0.00361. The number of ether oxygens (including phenoxy) is 3. The summed E-state index contributed by atoms with van der Waals surface area (Å²) in [6.07, 6.45) is -0.245. The number of Topliss-reactive ketones (excluding diaryl/α,β-unsaturated/α-hetero) is 2. The molecule has 0 amide bonds. The normalized spacial score (nSPS) is 25.8. The molecule has 1 aromatic carbocycles. The lowest BCUT2D eigenvalue weighted by Gasteiger charge is -2.30. The summed E-state index contributed by atoms with van der Waals surface area (Å²) in [5.74, 6) is -0.315. The lowest BCUT2D eigenvalue weighted by molar-refractivity contribution is -0.118. The number of fused-ring (bicyclic) bond motifs is 4. The number of carbonyl (C=O) groups is 2. The van der Waals surface area contributed by atoms with Crippen molar-refractivity contribution in [3.8, 4) is 17.2 Å². The molecule has 1 aromatic rings. The van der Waals surface area contributed by atoms with Crippen LogP contribution in [-0.4, -0.2) is 37.5 Å². The number of carbonyl (C=O) groups excluding carboxylic acids is 2. The zero-order valence-corrected chi connectivity index (χ0v) is 12.7.